The van der Waals surface area contributed by atoms with E-state index in [-0.39, 0.29) is 10.6 Å². The first kappa shape index (κ1) is 12.8. The Bertz CT molecular complexity index is 677. The van der Waals surface area contributed by atoms with E-state index in [1.165, 1.54) is 10.8 Å². The second-order valence-electron chi connectivity index (χ2n) is 4.27. The molecule has 0 bridgehead atoms. The number of alkyl halides is 1. The van der Waals surface area contributed by atoms with Crippen molar-refractivity contribution < 1.29 is 4.39 Å². The van der Waals surface area contributed by atoms with Crippen LogP contribution in [0.15, 0.2) is 48.5 Å². The SMILES string of the molecule is Fc1ccccc1C(Br)Cc1nc2ccccc2s1. The van der Waals surface area contributed by atoms with Crippen LogP contribution in [0.2, 0.25) is 0 Å². The summed E-state index contributed by atoms with van der Waals surface area (Å²) < 4.78 is 14.9. The Morgan fingerprint density at radius 2 is 1.84 bits per heavy atom. The van der Waals surface area contributed by atoms with Gasteiger partial charge in [0.15, 0.2) is 0 Å². The maximum absolute atomic E-state index is 13.7. The number of fused-ring (bicyclic) bond motifs is 1. The Balaban J connectivity index is 1.86. The Morgan fingerprint density at radius 1 is 1.11 bits per heavy atom. The van der Waals surface area contributed by atoms with Crippen LogP contribution in [0.1, 0.15) is 15.4 Å². The average Bonchev–Trinajstić information content (AvgIpc) is 2.81. The van der Waals surface area contributed by atoms with Crippen molar-refractivity contribution in [1.29, 1.82) is 0 Å². The summed E-state index contributed by atoms with van der Waals surface area (Å²) in [5.74, 6) is -0.175. The monoisotopic (exact) mass is 335 g/mol. The van der Waals surface area contributed by atoms with Crippen LogP contribution in [0.4, 0.5) is 4.39 Å². The van der Waals surface area contributed by atoms with Crippen LogP contribution in [-0.4, -0.2) is 4.98 Å². The number of nitrogens with zero attached hydrogens (tertiary/aromatic N) is 1. The molecule has 3 aromatic rings. The maximum atomic E-state index is 13.7. The molecule has 0 N–H and O–H groups in total. The van der Waals surface area contributed by atoms with E-state index in [2.05, 4.69) is 27.0 Å². The number of para-hydroxylation sites is 1. The summed E-state index contributed by atoms with van der Waals surface area (Å²) in [6, 6.07) is 14.9. The molecule has 1 atom stereocenters. The van der Waals surface area contributed by atoms with E-state index < -0.39 is 0 Å². The summed E-state index contributed by atoms with van der Waals surface area (Å²) >= 11 is 5.22. The second kappa shape index (κ2) is 5.39. The summed E-state index contributed by atoms with van der Waals surface area (Å²) in [5, 5.41) is 1.02. The van der Waals surface area contributed by atoms with Crippen molar-refractivity contribution in [3.8, 4) is 0 Å². The zero-order valence-corrected chi connectivity index (χ0v) is 12.4. The zero-order valence-electron chi connectivity index (χ0n) is 10.0. The fraction of sp³-hybridized carbons (Fsp3) is 0.133. The summed E-state index contributed by atoms with van der Waals surface area (Å²) in [7, 11) is 0. The summed E-state index contributed by atoms with van der Waals surface area (Å²) in [6.45, 7) is 0. The van der Waals surface area contributed by atoms with Gasteiger partial charge in [-0.3, -0.25) is 0 Å². The number of halogens is 2. The molecule has 96 valence electrons. The van der Waals surface area contributed by atoms with Crippen LogP contribution in [-0.2, 0) is 6.42 Å². The Hall–Kier alpha value is -1.26. The minimum Gasteiger partial charge on any atom is -0.241 e. The van der Waals surface area contributed by atoms with Crippen molar-refractivity contribution in [2.45, 2.75) is 11.2 Å². The van der Waals surface area contributed by atoms with Crippen LogP contribution in [0, 0.1) is 5.82 Å². The number of benzene rings is 2. The van der Waals surface area contributed by atoms with Gasteiger partial charge in [-0.15, -0.1) is 11.3 Å². The lowest BCUT2D eigenvalue weighted by molar-refractivity contribution is 0.608. The van der Waals surface area contributed by atoms with Crippen molar-refractivity contribution in [1.82, 2.24) is 4.98 Å². The molecule has 0 amide bonds. The van der Waals surface area contributed by atoms with Gasteiger partial charge >= 0.3 is 0 Å². The highest BCUT2D eigenvalue weighted by molar-refractivity contribution is 9.09. The largest absolute Gasteiger partial charge is 0.241 e. The van der Waals surface area contributed by atoms with Gasteiger partial charge in [0.25, 0.3) is 0 Å². The molecule has 0 aliphatic heterocycles. The lowest BCUT2D eigenvalue weighted by atomic mass is 10.1. The third-order valence-corrected chi connectivity index (χ3v) is 4.81. The molecule has 2 aromatic carbocycles. The van der Waals surface area contributed by atoms with Gasteiger partial charge in [-0.05, 0) is 18.2 Å². The Labute approximate surface area is 123 Å². The van der Waals surface area contributed by atoms with Crippen LogP contribution in [0.25, 0.3) is 10.2 Å². The lowest BCUT2D eigenvalue weighted by Gasteiger charge is -2.08. The number of hydrogen-bond acceptors (Lipinski definition) is 2. The predicted octanol–water partition coefficient (Wildman–Crippen LogP) is 5.11. The second-order valence-corrected chi connectivity index (χ2v) is 6.49. The minimum absolute atomic E-state index is 0.0470. The molecule has 0 fully saturated rings. The van der Waals surface area contributed by atoms with Gasteiger partial charge in [-0.2, -0.15) is 0 Å². The molecular weight excluding hydrogens is 325 g/mol. The highest BCUT2D eigenvalue weighted by atomic mass is 79.9. The highest BCUT2D eigenvalue weighted by Gasteiger charge is 2.15. The van der Waals surface area contributed by atoms with Gasteiger partial charge in [0.1, 0.15) is 5.82 Å². The molecule has 0 aliphatic rings. The van der Waals surface area contributed by atoms with E-state index in [9.17, 15) is 4.39 Å². The van der Waals surface area contributed by atoms with E-state index in [4.69, 9.17) is 0 Å². The van der Waals surface area contributed by atoms with Gasteiger partial charge in [0.2, 0.25) is 0 Å². The third kappa shape index (κ3) is 2.69. The lowest BCUT2D eigenvalue weighted by Crippen LogP contribution is -1.97. The standard InChI is InChI=1S/C15H11BrFNS/c16-11(10-5-1-2-6-12(10)17)9-15-18-13-7-3-4-8-14(13)19-15/h1-8,11H,9H2. The highest BCUT2D eigenvalue weighted by Crippen LogP contribution is 2.31. The van der Waals surface area contributed by atoms with Crippen molar-refractivity contribution in [3.63, 3.8) is 0 Å². The van der Waals surface area contributed by atoms with Crippen molar-refractivity contribution in [2.75, 3.05) is 0 Å². The number of aromatic nitrogens is 1. The molecule has 0 radical (unpaired) electrons. The predicted molar refractivity (Wildman–Crippen MR) is 81.4 cm³/mol. The molecule has 1 aromatic heterocycles. The fourth-order valence-corrected chi connectivity index (χ4v) is 3.90. The fourth-order valence-electron chi connectivity index (χ4n) is 2.00. The summed E-state index contributed by atoms with van der Waals surface area (Å²) in [6.07, 6.45) is 0.695. The smallest absolute Gasteiger partial charge is 0.127 e. The van der Waals surface area contributed by atoms with E-state index in [1.807, 2.05) is 30.3 Å². The molecule has 1 nitrogen and oxygen atoms in total. The van der Waals surface area contributed by atoms with Gasteiger partial charge in [0.05, 0.1) is 15.2 Å². The van der Waals surface area contributed by atoms with Crippen LogP contribution in [0.5, 0.6) is 0 Å². The molecule has 4 heteroatoms. The number of thiazole rings is 1. The molecule has 19 heavy (non-hydrogen) atoms. The molecule has 1 unspecified atom stereocenters. The normalized spacial score (nSPS) is 12.7. The van der Waals surface area contributed by atoms with E-state index >= 15 is 0 Å². The molecule has 0 saturated heterocycles. The summed E-state index contributed by atoms with van der Waals surface area (Å²) in [5.41, 5.74) is 1.69. The molecular formula is C15H11BrFNS. The first-order valence-electron chi connectivity index (χ1n) is 5.97. The van der Waals surface area contributed by atoms with E-state index in [0.717, 1.165) is 10.5 Å². The quantitative estimate of drug-likeness (QED) is 0.606. The van der Waals surface area contributed by atoms with Gasteiger partial charge in [-0.25, -0.2) is 9.37 Å². The van der Waals surface area contributed by atoms with Crippen LogP contribution in [0.3, 0.4) is 0 Å². The van der Waals surface area contributed by atoms with Gasteiger partial charge in [-0.1, -0.05) is 46.3 Å². The van der Waals surface area contributed by atoms with E-state index in [1.54, 1.807) is 17.4 Å². The first-order valence-corrected chi connectivity index (χ1v) is 7.70. The molecule has 0 saturated carbocycles. The van der Waals surface area contributed by atoms with Crippen molar-refractivity contribution >= 4 is 37.5 Å². The van der Waals surface area contributed by atoms with Crippen LogP contribution >= 0.6 is 27.3 Å². The number of hydrogen-bond donors (Lipinski definition) is 0. The Morgan fingerprint density at radius 3 is 2.63 bits per heavy atom. The third-order valence-electron chi connectivity index (χ3n) is 2.93. The maximum Gasteiger partial charge on any atom is 0.127 e. The molecule has 0 aliphatic carbocycles. The molecule has 3 rings (SSSR count). The van der Waals surface area contributed by atoms with Crippen molar-refractivity contribution in [2.24, 2.45) is 0 Å². The molecule has 0 spiro atoms. The molecule has 1 heterocycles. The van der Waals surface area contributed by atoms with Gasteiger partial charge in [0, 0.05) is 16.8 Å². The topological polar surface area (TPSA) is 12.9 Å². The van der Waals surface area contributed by atoms with Crippen molar-refractivity contribution in [3.05, 3.63) is 64.9 Å². The number of rotatable bonds is 3. The Kier molecular flexibility index (Phi) is 3.62. The first-order chi connectivity index (χ1) is 9.24. The van der Waals surface area contributed by atoms with Gasteiger partial charge < -0.3 is 0 Å². The van der Waals surface area contributed by atoms with E-state index in [0.29, 0.717) is 12.0 Å². The summed E-state index contributed by atoms with van der Waals surface area (Å²) in [4.78, 5) is 4.53. The zero-order chi connectivity index (χ0) is 13.2. The average molecular weight is 336 g/mol. The van der Waals surface area contributed by atoms with Crippen LogP contribution < -0.4 is 0 Å². The minimum atomic E-state index is -0.175.